The molecule has 1 unspecified atom stereocenters. The third-order valence-electron chi connectivity index (χ3n) is 13.5. The first-order chi connectivity index (χ1) is 32.5. The molecule has 0 aliphatic heterocycles. The van der Waals surface area contributed by atoms with Crippen LogP contribution in [0, 0.1) is 29.0 Å². The molecule has 0 saturated heterocycles. The summed E-state index contributed by atoms with van der Waals surface area (Å²) in [5.41, 5.74) is 1.93. The number of methoxy groups -OCH3 is 1. The number of aryl methyl sites for hydroxylation is 2. The summed E-state index contributed by atoms with van der Waals surface area (Å²) in [6.07, 6.45) is 14.9. The average Bonchev–Trinajstić information content (AvgIpc) is 3.32. The molecule has 2 aliphatic rings. The number of hydrogen-bond donors (Lipinski definition) is 0. The van der Waals surface area contributed by atoms with Gasteiger partial charge in [-0.3, -0.25) is 24.0 Å². The van der Waals surface area contributed by atoms with Gasteiger partial charge in [-0.2, -0.15) is 0 Å². The van der Waals surface area contributed by atoms with Gasteiger partial charge in [-0.25, -0.2) is 14.0 Å². The number of hydrogen-bond acceptors (Lipinski definition) is 13. The van der Waals surface area contributed by atoms with Crippen LogP contribution >= 0.6 is 0 Å². The number of ether oxygens (including phenoxy) is 6. The lowest BCUT2D eigenvalue weighted by Crippen LogP contribution is -2.45. The van der Waals surface area contributed by atoms with Crippen LogP contribution in [0.25, 0.3) is 11.1 Å². The Kier molecular flexibility index (Phi) is 22.4. The molecule has 0 bridgehead atoms. The first kappa shape index (κ1) is 55.2. The quantitative estimate of drug-likeness (QED) is 0.0207. The molecular weight excluding hydrogens is 876 g/mol. The minimum Gasteiger partial charge on any atom is -0.492 e. The predicted octanol–water partition coefficient (Wildman–Crippen LogP) is 9.89. The van der Waals surface area contributed by atoms with Crippen molar-refractivity contribution in [1.29, 1.82) is 0 Å². The minimum absolute atomic E-state index is 0.0365. The van der Waals surface area contributed by atoms with E-state index >= 15 is 4.39 Å². The van der Waals surface area contributed by atoms with Crippen molar-refractivity contribution in [2.45, 2.75) is 150 Å². The second kappa shape index (κ2) is 27.6. The van der Waals surface area contributed by atoms with Crippen molar-refractivity contribution in [1.82, 2.24) is 0 Å². The van der Waals surface area contributed by atoms with Crippen LogP contribution in [-0.4, -0.2) is 81.6 Å². The molecule has 2 aliphatic carbocycles. The molecule has 0 radical (unpaired) electrons. The zero-order valence-corrected chi connectivity index (χ0v) is 41.1. The molecule has 0 aromatic heterocycles. The topological polar surface area (TPSA) is 175 Å². The minimum atomic E-state index is -1.68. The SMILES string of the molecule is C=C(C)C(=O)OCCCc1cc(-c2ccc(C3CCC(C4CCC(CCCCC)CC4)CC3)cc2F)c(CC)cc1OCC(COC(=O)CC(C)=O)(COC(=O)CC(=O)OC)COC(=O)C(C)=O. The molecular formula is C54H73FO13. The van der Waals surface area contributed by atoms with Gasteiger partial charge < -0.3 is 28.4 Å². The van der Waals surface area contributed by atoms with E-state index in [9.17, 15) is 33.6 Å². The highest BCUT2D eigenvalue weighted by Crippen LogP contribution is 2.45. The molecule has 2 saturated carbocycles. The van der Waals surface area contributed by atoms with Gasteiger partial charge >= 0.3 is 29.8 Å². The molecule has 2 aromatic rings. The molecule has 1 atom stereocenters. The van der Waals surface area contributed by atoms with Gasteiger partial charge in [0.05, 0.1) is 13.7 Å². The van der Waals surface area contributed by atoms with Crippen LogP contribution in [0.15, 0.2) is 42.5 Å². The van der Waals surface area contributed by atoms with E-state index in [4.69, 9.17) is 23.7 Å². The average molecular weight is 949 g/mol. The highest BCUT2D eigenvalue weighted by atomic mass is 19.1. The number of Topliss-reactive ketones (excluding diaryl/α,β-unsaturated/α-hetero) is 2. The van der Waals surface area contributed by atoms with Gasteiger partial charge in [-0.05, 0) is 136 Å². The largest absolute Gasteiger partial charge is 0.492 e. The number of rotatable bonds is 27. The second-order valence-corrected chi connectivity index (χ2v) is 19.0. The fraction of sp³-hybridized carbons (Fsp3) is 0.611. The summed E-state index contributed by atoms with van der Waals surface area (Å²) in [6, 6.07) is 9.15. The van der Waals surface area contributed by atoms with Gasteiger partial charge in [0.2, 0.25) is 5.78 Å². The Bertz CT molecular complexity index is 2080. The van der Waals surface area contributed by atoms with Crippen LogP contribution in [0.2, 0.25) is 0 Å². The molecule has 4 rings (SSSR count). The summed E-state index contributed by atoms with van der Waals surface area (Å²) >= 11 is 0. The first-order valence-corrected chi connectivity index (χ1v) is 24.4. The Morgan fingerprint density at radius 3 is 1.88 bits per heavy atom. The number of esters is 5. The van der Waals surface area contributed by atoms with Crippen LogP contribution in [0.3, 0.4) is 0 Å². The standard InChI is InChI=1S/C54H73FO13/c1-8-10-11-13-38-15-17-40(18-16-38)41-19-21-42(22-20-41)43-23-24-45(47(55)28-43)46-27-44(14-12-25-64-52(61)35(3)4)48(29-39(46)9-2)65-31-54(34-68-53(62)37(6)57,32-66-50(59)26-36(5)56)33-67-51(60)30-49(58)63-7/h23-24,27-29,38,40-42H,3,8-22,25-26,30-34H2,1-2,4-7H3. The fourth-order valence-electron chi connectivity index (χ4n) is 9.41. The van der Waals surface area contributed by atoms with Crippen molar-refractivity contribution in [2.24, 2.45) is 23.2 Å². The van der Waals surface area contributed by atoms with Crippen LogP contribution in [-0.2, 0) is 70.1 Å². The van der Waals surface area contributed by atoms with Crippen LogP contribution in [0.4, 0.5) is 4.39 Å². The molecule has 0 N–H and O–H groups in total. The maximum atomic E-state index is 16.5. The van der Waals surface area contributed by atoms with Gasteiger partial charge in [0.25, 0.3) is 0 Å². The van der Waals surface area contributed by atoms with Crippen LogP contribution in [0.5, 0.6) is 5.75 Å². The summed E-state index contributed by atoms with van der Waals surface area (Å²) < 4.78 is 49.1. The molecule has 374 valence electrons. The smallest absolute Gasteiger partial charge is 0.374 e. The lowest BCUT2D eigenvalue weighted by molar-refractivity contribution is -0.168. The second-order valence-electron chi connectivity index (χ2n) is 19.0. The Balaban J connectivity index is 1.63. The molecule has 0 heterocycles. The Morgan fingerprint density at radius 1 is 0.676 bits per heavy atom. The van der Waals surface area contributed by atoms with Crippen molar-refractivity contribution in [3.8, 4) is 16.9 Å². The highest BCUT2D eigenvalue weighted by molar-refractivity contribution is 6.32. The number of halogens is 1. The maximum Gasteiger partial charge on any atom is 0.374 e. The molecule has 0 amide bonds. The number of carbonyl (C=O) groups excluding carboxylic acids is 7. The number of ketones is 2. The van der Waals surface area contributed by atoms with E-state index in [1.165, 1.54) is 71.1 Å². The van der Waals surface area contributed by atoms with Gasteiger partial charge in [0.1, 0.15) is 62.0 Å². The van der Waals surface area contributed by atoms with E-state index in [1.807, 2.05) is 25.1 Å². The van der Waals surface area contributed by atoms with Gasteiger partial charge in [-0.15, -0.1) is 0 Å². The summed E-state index contributed by atoms with van der Waals surface area (Å²) in [4.78, 5) is 85.6. The van der Waals surface area contributed by atoms with Crippen molar-refractivity contribution >= 4 is 41.4 Å². The molecule has 2 aromatic carbocycles. The molecule has 13 nitrogen and oxygen atoms in total. The van der Waals surface area contributed by atoms with E-state index in [2.05, 4.69) is 18.2 Å². The Hall–Kier alpha value is -5.40. The normalized spacial score (nSPS) is 18.9. The monoisotopic (exact) mass is 949 g/mol. The summed E-state index contributed by atoms with van der Waals surface area (Å²) in [5.74, 6) is -3.32. The summed E-state index contributed by atoms with van der Waals surface area (Å²) in [7, 11) is 1.09. The zero-order chi connectivity index (χ0) is 49.8. The first-order valence-electron chi connectivity index (χ1n) is 24.4. The molecule has 68 heavy (non-hydrogen) atoms. The maximum absolute atomic E-state index is 16.5. The van der Waals surface area contributed by atoms with Crippen molar-refractivity contribution in [2.75, 3.05) is 40.1 Å². The lowest BCUT2D eigenvalue weighted by atomic mass is 9.68. The Labute approximate surface area is 401 Å². The van der Waals surface area contributed by atoms with Crippen molar-refractivity contribution < 1.29 is 66.4 Å². The zero-order valence-electron chi connectivity index (χ0n) is 41.1. The van der Waals surface area contributed by atoms with Gasteiger partial charge in [0.15, 0.2) is 0 Å². The lowest BCUT2D eigenvalue weighted by Gasteiger charge is -2.38. The molecule has 0 spiro atoms. The highest BCUT2D eigenvalue weighted by Gasteiger charge is 2.39. The number of unbranched alkanes of at least 4 members (excludes halogenated alkanes) is 2. The summed E-state index contributed by atoms with van der Waals surface area (Å²) in [6.45, 7) is 9.23. The number of carbonyl (C=O) groups is 7. The molecule has 14 heteroatoms. The van der Waals surface area contributed by atoms with Crippen LogP contribution in [0.1, 0.15) is 154 Å². The van der Waals surface area contributed by atoms with Crippen LogP contribution < -0.4 is 4.74 Å². The third-order valence-corrected chi connectivity index (χ3v) is 13.5. The van der Waals surface area contributed by atoms with Gasteiger partial charge in [-0.1, -0.05) is 71.1 Å². The van der Waals surface area contributed by atoms with E-state index in [1.54, 1.807) is 19.1 Å². The third kappa shape index (κ3) is 17.3. The number of benzene rings is 2. The summed E-state index contributed by atoms with van der Waals surface area (Å²) in [5, 5.41) is 0. The van der Waals surface area contributed by atoms with Crippen molar-refractivity contribution in [3.05, 3.63) is 65.0 Å². The predicted molar refractivity (Wildman–Crippen MR) is 253 cm³/mol. The van der Waals surface area contributed by atoms with Crippen molar-refractivity contribution in [3.63, 3.8) is 0 Å². The molecule has 2 fully saturated rings. The fourth-order valence-corrected chi connectivity index (χ4v) is 9.41. The van der Waals surface area contributed by atoms with E-state index in [0.29, 0.717) is 35.3 Å². The Morgan fingerprint density at radius 2 is 1.31 bits per heavy atom. The van der Waals surface area contributed by atoms with E-state index in [0.717, 1.165) is 55.8 Å². The van der Waals surface area contributed by atoms with E-state index < -0.39 is 86.1 Å². The van der Waals surface area contributed by atoms with E-state index in [-0.39, 0.29) is 30.3 Å². The van der Waals surface area contributed by atoms with Gasteiger partial charge in [0, 0.05) is 18.1 Å².